The molecule has 0 aromatic heterocycles. The third-order valence-electron chi connectivity index (χ3n) is 2.01. The van der Waals surface area contributed by atoms with Crippen LogP contribution in [0, 0.1) is 0 Å². The number of hydrogen-bond acceptors (Lipinski definition) is 3. The molecule has 1 atom stereocenters. The van der Waals surface area contributed by atoms with Crippen molar-refractivity contribution < 1.29 is 4.79 Å². The van der Waals surface area contributed by atoms with Gasteiger partial charge in [-0.2, -0.15) is 0 Å². The fraction of sp³-hybridized carbons (Fsp3) is 0.900. The molecule has 4 heteroatoms. The predicted octanol–water partition coefficient (Wildman–Crippen LogP) is 0.230. The van der Waals surface area contributed by atoms with E-state index in [2.05, 4.69) is 10.6 Å². The summed E-state index contributed by atoms with van der Waals surface area (Å²) in [5.41, 5.74) is 5.37. The third-order valence-corrected chi connectivity index (χ3v) is 2.01. The monoisotopic (exact) mass is 201 g/mol. The maximum atomic E-state index is 10.7. The van der Waals surface area contributed by atoms with Crippen molar-refractivity contribution in [3.05, 3.63) is 0 Å². The van der Waals surface area contributed by atoms with Crippen LogP contribution in [-0.2, 0) is 4.79 Å². The second-order valence-corrected chi connectivity index (χ2v) is 3.64. The van der Waals surface area contributed by atoms with Gasteiger partial charge in [0, 0.05) is 13.0 Å². The van der Waals surface area contributed by atoms with Crippen molar-refractivity contribution in [2.75, 3.05) is 19.6 Å². The summed E-state index contributed by atoms with van der Waals surface area (Å²) in [5, 5.41) is 6.16. The van der Waals surface area contributed by atoms with Crippen LogP contribution in [-0.4, -0.2) is 31.6 Å². The second kappa shape index (κ2) is 8.97. The summed E-state index contributed by atoms with van der Waals surface area (Å²) in [5.74, 6) is 0.0423. The maximum absolute atomic E-state index is 10.7. The third kappa shape index (κ3) is 9.48. The molecule has 14 heavy (non-hydrogen) atoms. The lowest BCUT2D eigenvalue weighted by Gasteiger charge is -2.12. The van der Waals surface area contributed by atoms with Gasteiger partial charge < -0.3 is 16.4 Å². The maximum Gasteiger partial charge on any atom is 0.217 e. The zero-order chi connectivity index (χ0) is 10.8. The molecule has 1 amide bonds. The highest BCUT2D eigenvalue weighted by Crippen LogP contribution is 1.89. The van der Waals surface area contributed by atoms with E-state index in [9.17, 15) is 4.79 Å². The Kier molecular flexibility index (Phi) is 8.57. The lowest BCUT2D eigenvalue weighted by molar-refractivity contribution is -0.119. The topological polar surface area (TPSA) is 67.2 Å². The number of amides is 1. The summed E-state index contributed by atoms with van der Waals surface area (Å²) < 4.78 is 0. The van der Waals surface area contributed by atoms with E-state index in [0.29, 0.717) is 0 Å². The molecule has 0 unspecified atom stereocenters. The first-order valence-corrected chi connectivity index (χ1v) is 5.34. The molecule has 0 aromatic carbocycles. The fourth-order valence-corrected chi connectivity index (χ4v) is 1.26. The standard InChI is InChI=1S/C10H23N3O/c1-9(13-10(2)14)5-8-12-7-4-3-6-11/h9,12H,3-8,11H2,1-2H3,(H,13,14)/t9-/m1/s1. The largest absolute Gasteiger partial charge is 0.354 e. The Morgan fingerprint density at radius 3 is 2.64 bits per heavy atom. The average Bonchev–Trinajstić information content (AvgIpc) is 2.10. The molecule has 0 aliphatic carbocycles. The van der Waals surface area contributed by atoms with Crippen LogP contribution >= 0.6 is 0 Å². The molecule has 0 bridgehead atoms. The Bertz CT molecular complexity index is 150. The SMILES string of the molecule is CC(=O)N[C@H](C)CCNCCCCN. The molecule has 4 nitrogen and oxygen atoms in total. The Morgan fingerprint density at radius 2 is 2.07 bits per heavy atom. The Balaban J connectivity index is 3.14. The van der Waals surface area contributed by atoms with Crippen LogP contribution in [0.1, 0.15) is 33.1 Å². The molecule has 0 rings (SSSR count). The summed E-state index contributed by atoms with van der Waals surface area (Å²) in [6.45, 7) is 6.30. The molecule has 0 saturated carbocycles. The molecule has 0 aromatic rings. The van der Waals surface area contributed by atoms with E-state index in [0.717, 1.165) is 38.9 Å². The van der Waals surface area contributed by atoms with Gasteiger partial charge in [-0.1, -0.05) is 0 Å². The predicted molar refractivity (Wildman–Crippen MR) is 59.1 cm³/mol. The smallest absolute Gasteiger partial charge is 0.217 e. The second-order valence-electron chi connectivity index (χ2n) is 3.64. The van der Waals surface area contributed by atoms with Gasteiger partial charge >= 0.3 is 0 Å². The number of rotatable bonds is 8. The molecule has 0 saturated heterocycles. The van der Waals surface area contributed by atoms with Gasteiger partial charge in [-0.3, -0.25) is 4.79 Å². The molecular weight excluding hydrogens is 178 g/mol. The van der Waals surface area contributed by atoms with Gasteiger partial charge in [0.25, 0.3) is 0 Å². The number of nitrogens with two attached hydrogens (primary N) is 1. The van der Waals surface area contributed by atoms with Crippen molar-refractivity contribution in [2.24, 2.45) is 5.73 Å². The van der Waals surface area contributed by atoms with Crippen molar-refractivity contribution in [3.63, 3.8) is 0 Å². The average molecular weight is 201 g/mol. The van der Waals surface area contributed by atoms with E-state index >= 15 is 0 Å². The number of carbonyl (C=O) groups is 1. The van der Waals surface area contributed by atoms with Gasteiger partial charge in [0.15, 0.2) is 0 Å². The van der Waals surface area contributed by atoms with Crippen LogP contribution < -0.4 is 16.4 Å². The van der Waals surface area contributed by atoms with E-state index in [4.69, 9.17) is 5.73 Å². The minimum absolute atomic E-state index is 0.0423. The van der Waals surface area contributed by atoms with Crippen molar-refractivity contribution >= 4 is 5.91 Å². The van der Waals surface area contributed by atoms with Crippen LogP contribution in [0.5, 0.6) is 0 Å². The normalized spacial score (nSPS) is 12.5. The van der Waals surface area contributed by atoms with E-state index in [1.54, 1.807) is 6.92 Å². The fourth-order valence-electron chi connectivity index (χ4n) is 1.26. The molecule has 4 N–H and O–H groups in total. The number of nitrogens with one attached hydrogen (secondary N) is 2. The Morgan fingerprint density at radius 1 is 1.36 bits per heavy atom. The van der Waals surface area contributed by atoms with E-state index in [-0.39, 0.29) is 11.9 Å². The highest BCUT2D eigenvalue weighted by Gasteiger charge is 2.01. The van der Waals surface area contributed by atoms with E-state index < -0.39 is 0 Å². The van der Waals surface area contributed by atoms with Gasteiger partial charge in [-0.15, -0.1) is 0 Å². The van der Waals surface area contributed by atoms with Gasteiger partial charge in [0.1, 0.15) is 0 Å². The molecule has 0 spiro atoms. The summed E-state index contributed by atoms with van der Waals surface area (Å²) >= 11 is 0. The van der Waals surface area contributed by atoms with E-state index in [1.807, 2.05) is 6.92 Å². The molecule has 0 radical (unpaired) electrons. The van der Waals surface area contributed by atoms with Crippen LogP contribution in [0.15, 0.2) is 0 Å². The summed E-state index contributed by atoms with van der Waals surface area (Å²) in [7, 11) is 0. The first-order chi connectivity index (χ1) is 6.66. The van der Waals surface area contributed by atoms with Crippen LogP contribution in [0.4, 0.5) is 0 Å². The number of carbonyl (C=O) groups excluding carboxylic acids is 1. The van der Waals surface area contributed by atoms with Crippen LogP contribution in [0.2, 0.25) is 0 Å². The molecule has 0 heterocycles. The summed E-state index contributed by atoms with van der Waals surface area (Å²) in [4.78, 5) is 10.7. The van der Waals surface area contributed by atoms with Crippen LogP contribution in [0.3, 0.4) is 0 Å². The minimum atomic E-state index is 0.0423. The van der Waals surface area contributed by atoms with Crippen molar-refractivity contribution in [2.45, 2.75) is 39.2 Å². The summed E-state index contributed by atoms with van der Waals surface area (Å²) in [6.07, 6.45) is 3.18. The van der Waals surface area contributed by atoms with Crippen molar-refractivity contribution in [1.82, 2.24) is 10.6 Å². The molecule has 0 aliphatic heterocycles. The quantitative estimate of drug-likeness (QED) is 0.492. The highest BCUT2D eigenvalue weighted by molar-refractivity contribution is 5.73. The zero-order valence-corrected chi connectivity index (χ0v) is 9.31. The number of hydrogen-bond donors (Lipinski definition) is 3. The zero-order valence-electron chi connectivity index (χ0n) is 9.31. The number of unbranched alkanes of at least 4 members (excludes halogenated alkanes) is 1. The highest BCUT2D eigenvalue weighted by atomic mass is 16.1. The Hall–Kier alpha value is -0.610. The minimum Gasteiger partial charge on any atom is -0.354 e. The van der Waals surface area contributed by atoms with Gasteiger partial charge in [0.2, 0.25) is 5.91 Å². The van der Waals surface area contributed by atoms with E-state index in [1.165, 1.54) is 0 Å². The molecule has 0 fully saturated rings. The molecule has 0 aliphatic rings. The Labute approximate surface area is 86.6 Å². The first-order valence-electron chi connectivity index (χ1n) is 5.34. The molecule has 84 valence electrons. The molecular formula is C10H23N3O. The lowest BCUT2D eigenvalue weighted by Crippen LogP contribution is -2.33. The van der Waals surface area contributed by atoms with Crippen molar-refractivity contribution in [3.8, 4) is 0 Å². The van der Waals surface area contributed by atoms with Gasteiger partial charge in [0.05, 0.1) is 0 Å². The lowest BCUT2D eigenvalue weighted by atomic mass is 10.2. The van der Waals surface area contributed by atoms with Gasteiger partial charge in [-0.25, -0.2) is 0 Å². The van der Waals surface area contributed by atoms with Gasteiger partial charge in [-0.05, 0) is 45.8 Å². The first kappa shape index (κ1) is 13.4. The van der Waals surface area contributed by atoms with Crippen LogP contribution in [0.25, 0.3) is 0 Å². The van der Waals surface area contributed by atoms with Crippen molar-refractivity contribution in [1.29, 1.82) is 0 Å². The summed E-state index contributed by atoms with van der Waals surface area (Å²) in [6, 6.07) is 0.259.